The van der Waals surface area contributed by atoms with Crippen molar-refractivity contribution < 1.29 is 42.8 Å². The van der Waals surface area contributed by atoms with Crippen molar-refractivity contribution in [2.75, 3.05) is 33.3 Å². The van der Waals surface area contributed by atoms with Gasteiger partial charge in [-0.05, 0) is 44.4 Å². The highest BCUT2D eigenvalue weighted by molar-refractivity contribution is 6.15. The minimum absolute atomic E-state index is 0.114. The molecule has 2 amide bonds. The number of nitrogens with zero attached hydrogens (tertiary/aromatic N) is 1. The van der Waals surface area contributed by atoms with Crippen LogP contribution in [-0.2, 0) is 14.3 Å². The fraction of sp³-hybridized carbons (Fsp3) is 0.433. The highest BCUT2D eigenvalue weighted by Gasteiger charge is 2.44. The molecule has 1 aliphatic rings. The summed E-state index contributed by atoms with van der Waals surface area (Å²) in [5.41, 5.74) is 0.720. The molecule has 1 N–H and O–H groups in total. The zero-order valence-electron chi connectivity index (χ0n) is 24.9. The molecular weight excluding hydrogens is 532 g/mol. The summed E-state index contributed by atoms with van der Waals surface area (Å²) in [6.07, 6.45) is -0.737. The van der Waals surface area contributed by atoms with E-state index in [9.17, 15) is 14.4 Å². The van der Waals surface area contributed by atoms with Gasteiger partial charge in [0.05, 0.1) is 40.2 Å². The molecule has 0 aromatic heterocycles. The van der Waals surface area contributed by atoms with Crippen LogP contribution >= 0.6 is 0 Å². The minimum atomic E-state index is -0.991. The summed E-state index contributed by atoms with van der Waals surface area (Å²) in [5, 5.41) is 2.59. The smallest absolute Gasteiger partial charge is 0.408 e. The molecule has 2 atom stereocenters. The zero-order valence-corrected chi connectivity index (χ0v) is 24.9. The molecule has 0 radical (unpaired) electrons. The van der Waals surface area contributed by atoms with Gasteiger partial charge in [0.25, 0.3) is 5.91 Å². The normalized spacial score (nSPS) is 15.6. The highest BCUT2D eigenvalue weighted by atomic mass is 16.6. The third-order valence-corrected chi connectivity index (χ3v) is 6.32. The maximum absolute atomic E-state index is 13.2. The molecule has 2 aromatic rings. The Morgan fingerprint density at radius 2 is 1.49 bits per heavy atom. The molecule has 1 fully saturated rings. The average molecular weight is 571 g/mol. The number of ether oxygens (including phenoxy) is 6. The first kappa shape index (κ1) is 31.1. The fourth-order valence-electron chi connectivity index (χ4n) is 4.35. The van der Waals surface area contributed by atoms with E-state index in [1.807, 2.05) is 0 Å². The van der Waals surface area contributed by atoms with Crippen molar-refractivity contribution in [3.8, 4) is 28.7 Å². The summed E-state index contributed by atoms with van der Waals surface area (Å²) in [4.78, 5) is 40.1. The second kappa shape index (κ2) is 12.4. The number of β-lactam (4-membered cyclic amide) rings is 1. The van der Waals surface area contributed by atoms with E-state index in [1.165, 1.54) is 33.3 Å². The van der Waals surface area contributed by atoms with Crippen molar-refractivity contribution in [2.24, 2.45) is 5.92 Å². The average Bonchev–Trinajstić information content (AvgIpc) is 2.91. The molecule has 2 unspecified atom stereocenters. The van der Waals surface area contributed by atoms with Crippen molar-refractivity contribution in [3.63, 3.8) is 0 Å². The minimum Gasteiger partial charge on any atom is -0.493 e. The van der Waals surface area contributed by atoms with Crippen LogP contribution in [0, 0.1) is 5.92 Å². The van der Waals surface area contributed by atoms with Crippen molar-refractivity contribution in [3.05, 3.63) is 48.0 Å². The lowest BCUT2D eigenvalue weighted by Crippen LogP contribution is -2.49. The Labute approximate surface area is 240 Å². The van der Waals surface area contributed by atoms with Crippen molar-refractivity contribution in [1.29, 1.82) is 0 Å². The number of hydrogen-bond acceptors (Lipinski definition) is 9. The number of rotatable bonds is 10. The number of carbonyl (C=O) groups is 3. The van der Waals surface area contributed by atoms with Gasteiger partial charge in [-0.25, -0.2) is 9.59 Å². The van der Waals surface area contributed by atoms with Crippen LogP contribution in [0.15, 0.2) is 42.5 Å². The fourth-order valence-corrected chi connectivity index (χ4v) is 4.35. The van der Waals surface area contributed by atoms with E-state index in [0.29, 0.717) is 34.1 Å². The SMILES string of the molecule is C=C1C(=O)N(c2cc(OC)c(OC)c(OC)c2)C1c1ccc(OC)c(OC(=O)C(NC(=O)OC(C)(C)C)C(C)C)c1. The third-order valence-electron chi connectivity index (χ3n) is 6.32. The first-order chi connectivity index (χ1) is 19.3. The van der Waals surface area contributed by atoms with E-state index in [0.717, 1.165) is 0 Å². The number of esters is 1. The van der Waals surface area contributed by atoms with Crippen molar-refractivity contribution in [2.45, 2.75) is 52.3 Å². The Morgan fingerprint density at radius 1 is 0.902 bits per heavy atom. The van der Waals surface area contributed by atoms with Crippen LogP contribution in [0.3, 0.4) is 0 Å². The van der Waals surface area contributed by atoms with E-state index >= 15 is 0 Å². The Balaban J connectivity index is 1.95. The summed E-state index contributed by atoms with van der Waals surface area (Å²) in [6, 6.07) is 6.76. The molecule has 2 aromatic carbocycles. The number of hydrogen-bond donors (Lipinski definition) is 1. The van der Waals surface area contributed by atoms with Gasteiger partial charge in [-0.15, -0.1) is 0 Å². The molecule has 0 bridgehead atoms. The maximum Gasteiger partial charge on any atom is 0.408 e. The van der Waals surface area contributed by atoms with Gasteiger partial charge < -0.3 is 33.7 Å². The van der Waals surface area contributed by atoms with E-state index in [-0.39, 0.29) is 23.3 Å². The molecule has 41 heavy (non-hydrogen) atoms. The van der Waals surface area contributed by atoms with Crippen LogP contribution in [0.1, 0.15) is 46.2 Å². The van der Waals surface area contributed by atoms with E-state index in [1.54, 1.807) is 65.0 Å². The summed E-state index contributed by atoms with van der Waals surface area (Å²) < 4.78 is 32.8. The second-order valence-electron chi connectivity index (χ2n) is 10.7. The monoisotopic (exact) mass is 570 g/mol. The number of amides is 2. The Bertz CT molecular complexity index is 1300. The standard InChI is InChI=1S/C30H38N2O9/c1-16(2)24(31-29(35)41-30(4,5)6)28(34)40-21-13-18(11-12-20(21)36-7)25-17(3)27(33)32(25)19-14-22(37-8)26(39-10)23(15-19)38-9/h11-16,24-25H,3H2,1-2,4-10H3,(H,31,35). The Hall–Kier alpha value is -4.41. The van der Waals surface area contributed by atoms with E-state index in [2.05, 4.69) is 11.9 Å². The molecule has 3 rings (SSSR count). The van der Waals surface area contributed by atoms with Crippen LogP contribution in [0.5, 0.6) is 28.7 Å². The maximum atomic E-state index is 13.2. The molecule has 11 nitrogen and oxygen atoms in total. The third kappa shape index (κ3) is 6.67. The molecule has 0 spiro atoms. The lowest BCUT2D eigenvalue weighted by atomic mass is 9.88. The lowest BCUT2D eigenvalue weighted by molar-refractivity contribution is -0.138. The Morgan fingerprint density at radius 3 is 1.98 bits per heavy atom. The molecular formula is C30H38N2O9. The van der Waals surface area contributed by atoms with Gasteiger partial charge in [-0.3, -0.25) is 9.69 Å². The molecule has 222 valence electrons. The van der Waals surface area contributed by atoms with Crippen LogP contribution in [0.4, 0.5) is 10.5 Å². The van der Waals surface area contributed by atoms with Crippen LogP contribution in [-0.4, -0.2) is 58.1 Å². The van der Waals surface area contributed by atoms with Crippen molar-refractivity contribution in [1.82, 2.24) is 5.32 Å². The van der Waals surface area contributed by atoms with Crippen molar-refractivity contribution >= 4 is 23.7 Å². The van der Waals surface area contributed by atoms with Crippen LogP contribution in [0.25, 0.3) is 0 Å². The largest absolute Gasteiger partial charge is 0.493 e. The number of benzene rings is 2. The molecule has 1 aliphatic heterocycles. The molecule has 11 heteroatoms. The van der Waals surface area contributed by atoms with Crippen LogP contribution < -0.4 is 33.9 Å². The zero-order chi connectivity index (χ0) is 30.6. The topological polar surface area (TPSA) is 122 Å². The van der Waals surface area contributed by atoms with E-state index < -0.39 is 29.7 Å². The van der Waals surface area contributed by atoms with Gasteiger partial charge in [0.2, 0.25) is 5.75 Å². The highest BCUT2D eigenvalue weighted by Crippen LogP contribution is 2.48. The molecule has 1 saturated heterocycles. The number of anilines is 1. The van der Waals surface area contributed by atoms with Gasteiger partial charge in [0.15, 0.2) is 23.0 Å². The quantitative estimate of drug-likeness (QED) is 0.185. The number of nitrogens with one attached hydrogen (secondary N) is 1. The number of carbonyl (C=O) groups excluding carboxylic acids is 3. The summed E-state index contributed by atoms with van der Waals surface area (Å²) in [6.45, 7) is 12.7. The second-order valence-corrected chi connectivity index (χ2v) is 10.7. The molecule has 0 aliphatic carbocycles. The first-order valence-corrected chi connectivity index (χ1v) is 13.0. The van der Waals surface area contributed by atoms with E-state index in [4.69, 9.17) is 28.4 Å². The van der Waals surface area contributed by atoms with Gasteiger partial charge in [-0.1, -0.05) is 26.5 Å². The predicted molar refractivity (Wildman–Crippen MR) is 152 cm³/mol. The van der Waals surface area contributed by atoms with Crippen LogP contribution in [0.2, 0.25) is 0 Å². The Kier molecular flexibility index (Phi) is 9.42. The van der Waals surface area contributed by atoms with Gasteiger partial charge >= 0.3 is 12.1 Å². The van der Waals surface area contributed by atoms with Gasteiger partial charge in [-0.2, -0.15) is 0 Å². The summed E-state index contributed by atoms with van der Waals surface area (Å²) >= 11 is 0. The molecule has 1 heterocycles. The molecule has 0 saturated carbocycles. The summed E-state index contributed by atoms with van der Waals surface area (Å²) in [5.74, 6) is 0.261. The first-order valence-electron chi connectivity index (χ1n) is 13.0. The number of alkyl carbamates (subject to hydrolysis) is 1. The lowest BCUT2D eigenvalue weighted by Gasteiger charge is -2.42. The van der Waals surface area contributed by atoms with Gasteiger partial charge in [0, 0.05) is 17.7 Å². The van der Waals surface area contributed by atoms with Gasteiger partial charge in [0.1, 0.15) is 11.6 Å². The number of methoxy groups -OCH3 is 4. The summed E-state index contributed by atoms with van der Waals surface area (Å²) in [7, 11) is 5.91. The predicted octanol–water partition coefficient (Wildman–Crippen LogP) is 4.82.